The fourth-order valence-corrected chi connectivity index (χ4v) is 5.05. The van der Waals surface area contributed by atoms with Gasteiger partial charge in [0.15, 0.2) is 5.76 Å². The molecule has 1 aliphatic heterocycles. The summed E-state index contributed by atoms with van der Waals surface area (Å²) < 4.78 is 71.0. The molecule has 1 aromatic heterocycles. The molecule has 2 aromatic rings. The SMILES string of the molecule is Cc1noc(C)c1S(=O)(=O)N1CCN(CC(=O)Nc2ccccc2C(F)(F)F)CC1. The molecule has 1 fully saturated rings. The molecule has 2 heterocycles. The monoisotopic (exact) mass is 446 g/mol. The zero-order chi connectivity index (χ0) is 22.1. The average Bonchev–Trinajstić information content (AvgIpc) is 3.00. The van der Waals surface area contributed by atoms with E-state index in [0.717, 1.165) is 6.07 Å². The van der Waals surface area contributed by atoms with Crippen molar-refractivity contribution in [2.24, 2.45) is 0 Å². The van der Waals surface area contributed by atoms with E-state index in [2.05, 4.69) is 10.5 Å². The number of para-hydroxylation sites is 1. The number of aromatic nitrogens is 1. The van der Waals surface area contributed by atoms with Crippen molar-refractivity contribution in [3.05, 3.63) is 41.3 Å². The number of carbonyl (C=O) groups excluding carboxylic acids is 1. The second-order valence-corrected chi connectivity index (χ2v) is 8.80. The standard InChI is InChI=1S/C18H21F3N4O4S/c1-12-17(13(2)29-23-12)30(27,28)25-9-7-24(8-10-25)11-16(26)22-15-6-4-3-5-14(15)18(19,20)21/h3-6H,7-11H2,1-2H3,(H,22,26). The number of piperazine rings is 1. The number of nitrogens with one attached hydrogen (secondary N) is 1. The molecule has 3 rings (SSSR count). The van der Waals surface area contributed by atoms with Gasteiger partial charge >= 0.3 is 6.18 Å². The second kappa shape index (κ2) is 8.36. The van der Waals surface area contributed by atoms with Gasteiger partial charge in [-0.05, 0) is 26.0 Å². The van der Waals surface area contributed by atoms with Gasteiger partial charge in [0, 0.05) is 26.2 Å². The maximum Gasteiger partial charge on any atom is 0.418 e. The van der Waals surface area contributed by atoms with E-state index >= 15 is 0 Å². The minimum absolute atomic E-state index is 0.0393. The van der Waals surface area contributed by atoms with Crippen molar-refractivity contribution in [3.63, 3.8) is 0 Å². The van der Waals surface area contributed by atoms with Crippen molar-refractivity contribution in [2.45, 2.75) is 24.9 Å². The fraction of sp³-hybridized carbons (Fsp3) is 0.444. The number of nitrogens with zero attached hydrogens (tertiary/aromatic N) is 3. The maximum absolute atomic E-state index is 13.1. The number of sulfonamides is 1. The molecule has 1 aliphatic rings. The zero-order valence-corrected chi connectivity index (χ0v) is 17.2. The number of anilines is 1. The van der Waals surface area contributed by atoms with Crippen LogP contribution in [-0.2, 0) is 21.0 Å². The molecular formula is C18H21F3N4O4S. The highest BCUT2D eigenvalue weighted by atomic mass is 32.2. The third-order valence-electron chi connectivity index (χ3n) is 4.77. The van der Waals surface area contributed by atoms with Crippen molar-refractivity contribution in [3.8, 4) is 0 Å². The first-order valence-electron chi connectivity index (χ1n) is 9.11. The molecule has 0 atom stereocenters. The van der Waals surface area contributed by atoms with Crippen LogP contribution in [-0.4, -0.2) is 61.4 Å². The van der Waals surface area contributed by atoms with Crippen molar-refractivity contribution in [2.75, 3.05) is 38.0 Å². The van der Waals surface area contributed by atoms with Crippen LogP contribution in [0.1, 0.15) is 17.0 Å². The Balaban J connectivity index is 1.60. The summed E-state index contributed by atoms with van der Waals surface area (Å²) in [5.74, 6) is -0.397. The summed E-state index contributed by atoms with van der Waals surface area (Å²) in [4.78, 5) is 14.0. The van der Waals surface area contributed by atoms with Gasteiger partial charge in [-0.25, -0.2) is 8.42 Å². The van der Waals surface area contributed by atoms with E-state index in [1.165, 1.54) is 29.4 Å². The Kier molecular flexibility index (Phi) is 6.20. The van der Waals surface area contributed by atoms with Gasteiger partial charge in [-0.15, -0.1) is 0 Å². The number of halogens is 3. The maximum atomic E-state index is 13.1. The molecule has 1 aromatic carbocycles. The molecular weight excluding hydrogens is 425 g/mol. The normalized spacial score (nSPS) is 16.6. The summed E-state index contributed by atoms with van der Waals surface area (Å²) in [5.41, 5.74) is -0.957. The molecule has 1 amide bonds. The molecule has 0 bridgehead atoms. The Morgan fingerprint density at radius 3 is 2.37 bits per heavy atom. The predicted octanol–water partition coefficient (Wildman–Crippen LogP) is 2.26. The van der Waals surface area contributed by atoms with Crippen LogP contribution in [0.4, 0.5) is 18.9 Å². The van der Waals surface area contributed by atoms with Crippen LogP contribution >= 0.6 is 0 Å². The highest BCUT2D eigenvalue weighted by molar-refractivity contribution is 7.89. The lowest BCUT2D eigenvalue weighted by Gasteiger charge is -2.33. The Morgan fingerprint density at radius 2 is 1.80 bits per heavy atom. The summed E-state index contributed by atoms with van der Waals surface area (Å²) in [6.07, 6.45) is -4.58. The number of hydrogen-bond acceptors (Lipinski definition) is 6. The molecule has 0 saturated carbocycles. The minimum Gasteiger partial charge on any atom is -0.360 e. The molecule has 164 valence electrons. The number of aryl methyl sites for hydroxylation is 2. The number of carbonyl (C=O) groups is 1. The highest BCUT2D eigenvalue weighted by Crippen LogP contribution is 2.34. The number of amides is 1. The van der Waals surface area contributed by atoms with Gasteiger partial charge in [-0.1, -0.05) is 17.3 Å². The van der Waals surface area contributed by atoms with E-state index in [9.17, 15) is 26.4 Å². The fourth-order valence-electron chi connectivity index (χ4n) is 3.33. The number of hydrogen-bond donors (Lipinski definition) is 1. The van der Waals surface area contributed by atoms with Crippen LogP contribution in [0, 0.1) is 13.8 Å². The van der Waals surface area contributed by atoms with Crippen LogP contribution in [0.3, 0.4) is 0 Å². The average molecular weight is 446 g/mol. The summed E-state index contributed by atoms with van der Waals surface area (Å²) >= 11 is 0. The lowest BCUT2D eigenvalue weighted by Crippen LogP contribution is -2.50. The topological polar surface area (TPSA) is 95.8 Å². The van der Waals surface area contributed by atoms with Crippen molar-refractivity contribution in [1.82, 2.24) is 14.4 Å². The van der Waals surface area contributed by atoms with E-state index in [0.29, 0.717) is 0 Å². The third kappa shape index (κ3) is 4.65. The van der Waals surface area contributed by atoms with E-state index in [4.69, 9.17) is 4.52 Å². The number of benzene rings is 1. The third-order valence-corrected chi connectivity index (χ3v) is 6.91. The zero-order valence-electron chi connectivity index (χ0n) is 16.4. The van der Waals surface area contributed by atoms with Crippen molar-refractivity contribution < 1.29 is 30.9 Å². The van der Waals surface area contributed by atoms with Crippen LogP contribution in [0.25, 0.3) is 0 Å². The summed E-state index contributed by atoms with van der Waals surface area (Å²) in [6, 6.07) is 4.74. The van der Waals surface area contributed by atoms with Crippen LogP contribution in [0.2, 0.25) is 0 Å². The molecule has 1 saturated heterocycles. The molecule has 8 nitrogen and oxygen atoms in total. The lowest BCUT2D eigenvalue weighted by atomic mass is 10.1. The Morgan fingerprint density at radius 1 is 1.17 bits per heavy atom. The summed E-state index contributed by atoms with van der Waals surface area (Å²) in [5, 5.41) is 5.96. The van der Waals surface area contributed by atoms with Crippen LogP contribution in [0.15, 0.2) is 33.7 Å². The van der Waals surface area contributed by atoms with Crippen LogP contribution in [0.5, 0.6) is 0 Å². The van der Waals surface area contributed by atoms with Crippen LogP contribution < -0.4 is 5.32 Å². The number of alkyl halides is 3. The predicted molar refractivity (Wildman–Crippen MR) is 101 cm³/mol. The second-order valence-electron chi connectivity index (χ2n) is 6.93. The molecule has 0 radical (unpaired) electrons. The van der Waals surface area contributed by atoms with Gasteiger partial charge in [0.05, 0.1) is 17.8 Å². The van der Waals surface area contributed by atoms with Crippen molar-refractivity contribution >= 4 is 21.6 Å². The van der Waals surface area contributed by atoms with Gasteiger partial charge in [0.1, 0.15) is 10.6 Å². The largest absolute Gasteiger partial charge is 0.418 e. The molecule has 12 heteroatoms. The number of rotatable bonds is 5. The Hall–Kier alpha value is -2.44. The van der Waals surface area contributed by atoms with E-state index in [1.54, 1.807) is 11.8 Å². The lowest BCUT2D eigenvalue weighted by molar-refractivity contribution is -0.137. The molecule has 0 unspecified atom stereocenters. The van der Waals surface area contributed by atoms with Gasteiger partial charge < -0.3 is 9.84 Å². The Labute approximate surface area is 171 Å². The molecule has 1 N–H and O–H groups in total. The van der Waals surface area contributed by atoms with Gasteiger partial charge in [0.2, 0.25) is 15.9 Å². The first kappa shape index (κ1) is 22.2. The first-order valence-corrected chi connectivity index (χ1v) is 10.6. The van der Waals surface area contributed by atoms with Gasteiger partial charge in [-0.3, -0.25) is 9.69 Å². The van der Waals surface area contributed by atoms with Gasteiger partial charge in [0.25, 0.3) is 0 Å². The van der Waals surface area contributed by atoms with E-state index in [1.807, 2.05) is 0 Å². The molecule has 30 heavy (non-hydrogen) atoms. The summed E-state index contributed by atoms with van der Waals surface area (Å²) in [6.45, 7) is 3.71. The molecule has 0 aliphatic carbocycles. The Bertz CT molecular complexity index is 1010. The molecule has 0 spiro atoms. The quantitative estimate of drug-likeness (QED) is 0.757. The highest BCUT2D eigenvalue weighted by Gasteiger charge is 2.35. The van der Waals surface area contributed by atoms with Gasteiger partial charge in [-0.2, -0.15) is 17.5 Å². The first-order chi connectivity index (χ1) is 14.0. The van der Waals surface area contributed by atoms with E-state index in [-0.39, 0.29) is 54.8 Å². The smallest absolute Gasteiger partial charge is 0.360 e. The van der Waals surface area contributed by atoms with E-state index < -0.39 is 27.7 Å². The summed E-state index contributed by atoms with van der Waals surface area (Å²) in [7, 11) is -3.78. The minimum atomic E-state index is -4.58. The van der Waals surface area contributed by atoms with Crippen molar-refractivity contribution in [1.29, 1.82) is 0 Å².